The zero-order chi connectivity index (χ0) is 12.1. The summed E-state index contributed by atoms with van der Waals surface area (Å²) in [4.78, 5) is 2.41. The van der Waals surface area contributed by atoms with Crippen LogP contribution in [0.4, 0.5) is 0 Å². The third kappa shape index (κ3) is 3.68. The van der Waals surface area contributed by atoms with Crippen LogP contribution in [0.2, 0.25) is 0 Å². The molecule has 1 saturated heterocycles. The molecule has 0 aliphatic carbocycles. The lowest BCUT2D eigenvalue weighted by Crippen LogP contribution is -2.34. The van der Waals surface area contributed by atoms with Crippen LogP contribution >= 0.6 is 0 Å². The van der Waals surface area contributed by atoms with Crippen molar-refractivity contribution in [2.24, 2.45) is 5.92 Å². The molecule has 0 atom stereocenters. The lowest BCUT2D eigenvalue weighted by atomic mass is 9.97. The average molecular weight is 234 g/mol. The first-order valence-electron chi connectivity index (χ1n) is 6.33. The molecule has 0 spiro atoms. The van der Waals surface area contributed by atoms with Crippen molar-refractivity contribution in [2.75, 3.05) is 26.7 Å². The van der Waals surface area contributed by atoms with Gasteiger partial charge in [-0.25, -0.2) is 4.68 Å². The molecule has 0 bridgehead atoms. The number of hydrogen-bond acceptors (Lipinski definition) is 3. The van der Waals surface area contributed by atoms with Gasteiger partial charge in [0.15, 0.2) is 0 Å². The molecule has 17 heavy (non-hydrogen) atoms. The highest BCUT2D eigenvalue weighted by atomic mass is 15.2. The Morgan fingerprint density at radius 3 is 2.94 bits per heavy atom. The SMILES string of the molecule is C=Cn1cc(CNCC2CCN(C)CC2)cn1. The highest BCUT2D eigenvalue weighted by molar-refractivity contribution is 5.17. The van der Waals surface area contributed by atoms with Crippen LogP contribution in [0.1, 0.15) is 18.4 Å². The minimum atomic E-state index is 0.834. The van der Waals surface area contributed by atoms with Crippen molar-refractivity contribution < 1.29 is 0 Å². The van der Waals surface area contributed by atoms with Crippen LogP contribution in [-0.4, -0.2) is 41.4 Å². The monoisotopic (exact) mass is 234 g/mol. The molecule has 4 nitrogen and oxygen atoms in total. The maximum absolute atomic E-state index is 4.16. The number of nitrogens with zero attached hydrogens (tertiary/aromatic N) is 3. The van der Waals surface area contributed by atoms with Crippen LogP contribution in [0.15, 0.2) is 19.0 Å². The lowest BCUT2D eigenvalue weighted by molar-refractivity contribution is 0.216. The molecule has 1 aliphatic heterocycles. The van der Waals surface area contributed by atoms with Crippen molar-refractivity contribution in [1.82, 2.24) is 20.0 Å². The van der Waals surface area contributed by atoms with Gasteiger partial charge >= 0.3 is 0 Å². The van der Waals surface area contributed by atoms with Gasteiger partial charge in [0.05, 0.1) is 6.20 Å². The molecule has 0 aromatic carbocycles. The van der Waals surface area contributed by atoms with E-state index in [4.69, 9.17) is 0 Å². The fraction of sp³-hybridized carbons (Fsp3) is 0.615. The molecule has 0 unspecified atom stereocenters. The minimum Gasteiger partial charge on any atom is -0.312 e. The van der Waals surface area contributed by atoms with Crippen LogP contribution < -0.4 is 5.32 Å². The Balaban J connectivity index is 1.67. The Bertz CT molecular complexity index is 350. The average Bonchev–Trinajstić information content (AvgIpc) is 2.80. The fourth-order valence-corrected chi connectivity index (χ4v) is 2.26. The predicted molar refractivity (Wildman–Crippen MR) is 70.5 cm³/mol. The second-order valence-electron chi connectivity index (χ2n) is 4.89. The fourth-order valence-electron chi connectivity index (χ4n) is 2.26. The Morgan fingerprint density at radius 2 is 2.29 bits per heavy atom. The molecule has 1 aliphatic rings. The van der Waals surface area contributed by atoms with Crippen LogP contribution in [0.5, 0.6) is 0 Å². The summed E-state index contributed by atoms with van der Waals surface area (Å²) < 4.78 is 1.74. The Kier molecular flexibility index (Phi) is 4.34. The largest absolute Gasteiger partial charge is 0.312 e. The van der Waals surface area contributed by atoms with E-state index in [1.807, 2.05) is 12.4 Å². The van der Waals surface area contributed by atoms with Gasteiger partial charge in [-0.2, -0.15) is 5.10 Å². The number of nitrogens with one attached hydrogen (secondary N) is 1. The second kappa shape index (κ2) is 5.98. The van der Waals surface area contributed by atoms with Crippen molar-refractivity contribution in [3.63, 3.8) is 0 Å². The van der Waals surface area contributed by atoms with Gasteiger partial charge in [0.2, 0.25) is 0 Å². The van der Waals surface area contributed by atoms with Gasteiger partial charge in [0, 0.05) is 24.5 Å². The van der Waals surface area contributed by atoms with Crippen molar-refractivity contribution in [3.05, 3.63) is 24.5 Å². The first-order valence-corrected chi connectivity index (χ1v) is 6.33. The first-order chi connectivity index (χ1) is 8.28. The third-order valence-electron chi connectivity index (χ3n) is 3.44. The summed E-state index contributed by atoms with van der Waals surface area (Å²) in [6.45, 7) is 8.18. The quantitative estimate of drug-likeness (QED) is 0.836. The van der Waals surface area contributed by atoms with E-state index in [0.717, 1.165) is 19.0 Å². The molecular formula is C13H22N4. The number of piperidine rings is 1. The highest BCUT2D eigenvalue weighted by Gasteiger charge is 2.15. The summed E-state index contributed by atoms with van der Waals surface area (Å²) in [5.74, 6) is 0.834. The van der Waals surface area contributed by atoms with E-state index in [9.17, 15) is 0 Å². The molecule has 0 amide bonds. The van der Waals surface area contributed by atoms with E-state index >= 15 is 0 Å². The first kappa shape index (κ1) is 12.3. The zero-order valence-corrected chi connectivity index (χ0v) is 10.6. The van der Waals surface area contributed by atoms with Crippen molar-refractivity contribution in [1.29, 1.82) is 0 Å². The molecule has 4 heteroatoms. The van der Waals surface area contributed by atoms with Gasteiger partial charge in [-0.1, -0.05) is 6.58 Å². The molecule has 1 fully saturated rings. The lowest BCUT2D eigenvalue weighted by Gasteiger charge is -2.28. The third-order valence-corrected chi connectivity index (χ3v) is 3.44. The summed E-state index contributed by atoms with van der Waals surface area (Å²) in [6, 6.07) is 0. The number of rotatable bonds is 5. The van der Waals surface area contributed by atoms with E-state index in [-0.39, 0.29) is 0 Å². The van der Waals surface area contributed by atoms with E-state index in [2.05, 4.69) is 28.9 Å². The second-order valence-corrected chi connectivity index (χ2v) is 4.89. The van der Waals surface area contributed by atoms with Gasteiger partial charge < -0.3 is 10.2 Å². The van der Waals surface area contributed by atoms with Crippen LogP contribution in [-0.2, 0) is 6.54 Å². The van der Waals surface area contributed by atoms with Crippen molar-refractivity contribution >= 4 is 6.20 Å². The molecule has 1 aromatic rings. The smallest absolute Gasteiger partial charge is 0.0538 e. The summed E-state index contributed by atoms with van der Waals surface area (Å²) in [7, 11) is 2.20. The van der Waals surface area contributed by atoms with Crippen LogP contribution in [0, 0.1) is 5.92 Å². The molecule has 1 aromatic heterocycles. The summed E-state index contributed by atoms with van der Waals surface area (Å²) in [5.41, 5.74) is 1.22. The van der Waals surface area contributed by atoms with Gasteiger partial charge in [-0.15, -0.1) is 0 Å². The van der Waals surface area contributed by atoms with Gasteiger partial charge in [0.25, 0.3) is 0 Å². The summed E-state index contributed by atoms with van der Waals surface area (Å²) >= 11 is 0. The molecule has 94 valence electrons. The van der Waals surface area contributed by atoms with Gasteiger partial charge in [-0.3, -0.25) is 0 Å². The van der Waals surface area contributed by atoms with Crippen LogP contribution in [0.25, 0.3) is 6.20 Å². The Hall–Kier alpha value is -1.13. The predicted octanol–water partition coefficient (Wildman–Crippen LogP) is 1.41. The molecule has 2 heterocycles. The van der Waals surface area contributed by atoms with Crippen LogP contribution in [0.3, 0.4) is 0 Å². The summed E-state index contributed by atoms with van der Waals surface area (Å²) in [5, 5.41) is 7.68. The Labute approximate surface area is 103 Å². The van der Waals surface area contributed by atoms with Gasteiger partial charge in [-0.05, 0) is 45.4 Å². The number of aromatic nitrogens is 2. The highest BCUT2D eigenvalue weighted by Crippen LogP contribution is 2.14. The van der Waals surface area contributed by atoms with E-state index in [1.165, 1.54) is 31.5 Å². The zero-order valence-electron chi connectivity index (χ0n) is 10.6. The molecule has 1 N–H and O–H groups in total. The molecule has 0 saturated carbocycles. The van der Waals surface area contributed by atoms with E-state index < -0.39 is 0 Å². The maximum atomic E-state index is 4.16. The Morgan fingerprint density at radius 1 is 1.53 bits per heavy atom. The van der Waals surface area contributed by atoms with E-state index in [1.54, 1.807) is 10.9 Å². The van der Waals surface area contributed by atoms with E-state index in [0.29, 0.717) is 0 Å². The number of likely N-dealkylation sites (tertiary alicyclic amines) is 1. The normalized spacial score (nSPS) is 18.4. The van der Waals surface area contributed by atoms with Gasteiger partial charge in [0.1, 0.15) is 0 Å². The molecule has 0 radical (unpaired) electrons. The number of hydrogen-bond donors (Lipinski definition) is 1. The molecular weight excluding hydrogens is 212 g/mol. The van der Waals surface area contributed by atoms with Crippen molar-refractivity contribution in [3.8, 4) is 0 Å². The summed E-state index contributed by atoms with van der Waals surface area (Å²) in [6.07, 6.45) is 8.24. The maximum Gasteiger partial charge on any atom is 0.0538 e. The topological polar surface area (TPSA) is 33.1 Å². The van der Waals surface area contributed by atoms with Crippen molar-refractivity contribution in [2.45, 2.75) is 19.4 Å². The minimum absolute atomic E-state index is 0.834. The standard InChI is InChI=1S/C13H22N4/c1-3-17-11-13(10-15-17)9-14-8-12-4-6-16(2)7-5-12/h3,10-12,14H,1,4-9H2,2H3. The molecule has 2 rings (SSSR count).